The smallest absolute Gasteiger partial charge is 0.0352 e. The summed E-state index contributed by atoms with van der Waals surface area (Å²) in [5.41, 5.74) is 0. The highest BCUT2D eigenvalue weighted by Gasteiger charge is 2.52. The number of fused-ring (bicyclic) bond motifs is 3. The van der Waals surface area contributed by atoms with Gasteiger partial charge in [-0.25, -0.2) is 0 Å². The Balaban J connectivity index is 1.82. The van der Waals surface area contributed by atoms with E-state index in [2.05, 4.69) is 0 Å². The van der Waals surface area contributed by atoms with Crippen LogP contribution in [0.2, 0.25) is 0 Å². The second-order valence-electron chi connectivity index (χ2n) is 4.24. The van der Waals surface area contributed by atoms with Gasteiger partial charge in [-0.2, -0.15) is 0 Å². The molecule has 0 radical (unpaired) electrons. The van der Waals surface area contributed by atoms with Gasteiger partial charge in [0.25, 0.3) is 0 Å². The van der Waals surface area contributed by atoms with Crippen LogP contribution in [0.4, 0.5) is 0 Å². The molecular formula is C9H14. The van der Waals surface area contributed by atoms with Crippen molar-refractivity contribution in [3.05, 3.63) is 0 Å². The number of rotatable bonds is 0. The van der Waals surface area contributed by atoms with Crippen LogP contribution in [0.5, 0.6) is 0 Å². The van der Waals surface area contributed by atoms with Gasteiger partial charge in [-0.3, -0.25) is 0 Å². The first-order valence-corrected chi connectivity index (χ1v) is 4.45. The highest BCUT2D eigenvalue weighted by atomic mass is 14.6. The van der Waals surface area contributed by atoms with E-state index in [-0.39, 0.29) is 0 Å². The topological polar surface area (TPSA) is 0 Å². The Bertz CT molecular complexity index is 137. The van der Waals surface area contributed by atoms with E-state index < -0.39 is 0 Å². The zero-order valence-electron chi connectivity index (χ0n) is 5.84. The second kappa shape index (κ2) is 1.36. The maximum atomic E-state index is 1.61. The van der Waals surface area contributed by atoms with E-state index in [1.165, 1.54) is 23.7 Å². The van der Waals surface area contributed by atoms with Gasteiger partial charge in [0.2, 0.25) is 0 Å². The fourth-order valence-electron chi connectivity index (χ4n) is 3.07. The maximum absolute atomic E-state index is 1.61. The molecule has 0 aromatic heterocycles. The zero-order chi connectivity index (χ0) is 5.84. The lowest BCUT2D eigenvalue weighted by atomic mass is 9.65. The third-order valence-electron chi connectivity index (χ3n) is 3.91. The fraction of sp³-hybridized carbons (Fsp3) is 1.00. The molecule has 4 atom stereocenters. The number of hydrogen-bond acceptors (Lipinski definition) is 0. The predicted molar refractivity (Wildman–Crippen MR) is 37.0 cm³/mol. The molecule has 0 heteroatoms. The summed E-state index contributed by atoms with van der Waals surface area (Å²) in [6.45, 7) is 0. The molecule has 3 fully saturated rings. The molecule has 3 unspecified atom stereocenters. The lowest BCUT2D eigenvalue weighted by Crippen LogP contribution is -2.30. The summed E-state index contributed by atoms with van der Waals surface area (Å²) < 4.78 is 0. The molecule has 0 aromatic rings. The molecule has 0 aromatic carbocycles. The van der Waals surface area contributed by atoms with Crippen molar-refractivity contribution in [1.29, 1.82) is 0 Å². The average Bonchev–Trinajstić information content (AvgIpc) is 2.43. The van der Waals surface area contributed by atoms with E-state index in [1.807, 2.05) is 0 Å². The molecule has 9 heavy (non-hydrogen) atoms. The minimum absolute atomic E-state index is 1.20. The zero-order valence-corrected chi connectivity index (χ0v) is 5.84. The predicted octanol–water partition coefficient (Wildman–Crippen LogP) is 2.44. The van der Waals surface area contributed by atoms with Crippen molar-refractivity contribution >= 4 is 0 Å². The second-order valence-corrected chi connectivity index (χ2v) is 4.24. The molecule has 0 saturated heterocycles. The molecule has 3 rings (SSSR count). The van der Waals surface area contributed by atoms with E-state index in [0.717, 1.165) is 0 Å². The van der Waals surface area contributed by atoms with Crippen molar-refractivity contribution in [3.63, 3.8) is 0 Å². The van der Waals surface area contributed by atoms with Gasteiger partial charge in [-0.05, 0) is 55.8 Å². The van der Waals surface area contributed by atoms with Crippen LogP contribution in [0, 0.1) is 23.7 Å². The lowest BCUT2D eigenvalue weighted by Gasteiger charge is -2.40. The molecule has 0 aliphatic heterocycles. The van der Waals surface area contributed by atoms with Crippen LogP contribution in [0.15, 0.2) is 0 Å². The summed E-state index contributed by atoms with van der Waals surface area (Å²) in [5.74, 6) is 4.88. The first kappa shape index (κ1) is 4.76. The summed E-state index contributed by atoms with van der Waals surface area (Å²) in [7, 11) is 0. The molecule has 0 heterocycles. The van der Waals surface area contributed by atoms with Crippen LogP contribution in [0.1, 0.15) is 32.1 Å². The van der Waals surface area contributed by atoms with Crippen molar-refractivity contribution in [2.75, 3.05) is 0 Å². The third kappa shape index (κ3) is 0.500. The Morgan fingerprint density at radius 3 is 2.11 bits per heavy atom. The van der Waals surface area contributed by atoms with Gasteiger partial charge in [-0.15, -0.1) is 0 Å². The summed E-state index contributed by atoms with van der Waals surface area (Å²) >= 11 is 0. The Hall–Kier alpha value is 0. The number of hydrogen-bond donors (Lipinski definition) is 0. The van der Waals surface area contributed by atoms with Gasteiger partial charge in [0.05, 0.1) is 0 Å². The summed E-state index contributed by atoms with van der Waals surface area (Å²) in [5, 5.41) is 0. The maximum Gasteiger partial charge on any atom is -0.0352 e. The Morgan fingerprint density at radius 2 is 1.44 bits per heavy atom. The van der Waals surface area contributed by atoms with Crippen LogP contribution in [-0.4, -0.2) is 0 Å². The minimum Gasteiger partial charge on any atom is -0.0499 e. The molecule has 3 aliphatic carbocycles. The standard InChI is InChI=1S/C9H14/c1-2-7-5-9(7)8-4-3-6(1)8/h6-9H,1-5H2/t6?,7?,8?,9-/m1/s1. The van der Waals surface area contributed by atoms with Crippen molar-refractivity contribution < 1.29 is 0 Å². The van der Waals surface area contributed by atoms with E-state index in [4.69, 9.17) is 0 Å². The Kier molecular flexibility index (Phi) is 0.717. The van der Waals surface area contributed by atoms with Crippen molar-refractivity contribution in [2.24, 2.45) is 23.7 Å². The largest absolute Gasteiger partial charge is 0.0499 e. The van der Waals surface area contributed by atoms with Crippen molar-refractivity contribution in [1.82, 2.24) is 0 Å². The summed E-state index contributed by atoms with van der Waals surface area (Å²) in [4.78, 5) is 0. The Morgan fingerprint density at radius 1 is 0.667 bits per heavy atom. The van der Waals surface area contributed by atoms with Gasteiger partial charge in [0.1, 0.15) is 0 Å². The minimum atomic E-state index is 1.20. The summed E-state index contributed by atoms with van der Waals surface area (Å²) in [6.07, 6.45) is 7.96. The van der Waals surface area contributed by atoms with Gasteiger partial charge >= 0.3 is 0 Å². The van der Waals surface area contributed by atoms with Gasteiger partial charge < -0.3 is 0 Å². The Labute approximate surface area is 56.6 Å². The van der Waals surface area contributed by atoms with Crippen LogP contribution < -0.4 is 0 Å². The van der Waals surface area contributed by atoms with Gasteiger partial charge in [-0.1, -0.05) is 0 Å². The first-order chi connectivity index (χ1) is 4.45. The first-order valence-electron chi connectivity index (χ1n) is 4.45. The van der Waals surface area contributed by atoms with Crippen LogP contribution in [-0.2, 0) is 0 Å². The van der Waals surface area contributed by atoms with Crippen LogP contribution in [0.25, 0.3) is 0 Å². The SMILES string of the molecule is C1CC2C[C@H]2C2CCC12. The van der Waals surface area contributed by atoms with E-state index in [1.54, 1.807) is 32.1 Å². The molecule has 0 amide bonds. The molecular weight excluding hydrogens is 108 g/mol. The summed E-state index contributed by atoms with van der Waals surface area (Å²) in [6, 6.07) is 0. The molecule has 0 nitrogen and oxygen atoms in total. The molecule has 3 aliphatic rings. The van der Waals surface area contributed by atoms with Crippen LogP contribution in [0.3, 0.4) is 0 Å². The van der Waals surface area contributed by atoms with E-state index >= 15 is 0 Å². The molecule has 50 valence electrons. The van der Waals surface area contributed by atoms with E-state index in [0.29, 0.717) is 0 Å². The average molecular weight is 122 g/mol. The molecule has 0 bridgehead atoms. The van der Waals surface area contributed by atoms with Crippen LogP contribution >= 0.6 is 0 Å². The third-order valence-corrected chi connectivity index (χ3v) is 3.91. The normalized spacial score (nSPS) is 61.3. The van der Waals surface area contributed by atoms with Crippen molar-refractivity contribution in [3.8, 4) is 0 Å². The molecule has 0 spiro atoms. The highest BCUT2D eigenvalue weighted by molar-refractivity contribution is 5.02. The van der Waals surface area contributed by atoms with Gasteiger partial charge in [0.15, 0.2) is 0 Å². The quantitative estimate of drug-likeness (QED) is 0.463. The van der Waals surface area contributed by atoms with E-state index in [9.17, 15) is 0 Å². The highest BCUT2D eigenvalue weighted by Crippen LogP contribution is 2.61. The monoisotopic (exact) mass is 122 g/mol. The van der Waals surface area contributed by atoms with Gasteiger partial charge in [0, 0.05) is 0 Å². The fourth-order valence-corrected chi connectivity index (χ4v) is 3.07. The lowest BCUT2D eigenvalue weighted by molar-refractivity contribution is 0.102. The van der Waals surface area contributed by atoms with Crippen molar-refractivity contribution in [2.45, 2.75) is 32.1 Å². The molecule has 3 saturated carbocycles. The molecule has 0 N–H and O–H groups in total.